The Morgan fingerprint density at radius 3 is 2.12 bits per heavy atom. The quantitative estimate of drug-likeness (QED) is 0.579. The summed E-state index contributed by atoms with van der Waals surface area (Å²) in [7, 11) is 0. The van der Waals surface area contributed by atoms with E-state index in [0.717, 1.165) is 12.8 Å². The summed E-state index contributed by atoms with van der Waals surface area (Å²) in [6, 6.07) is 0. The Morgan fingerprint density at radius 2 is 2.12 bits per heavy atom. The van der Waals surface area contributed by atoms with Crippen molar-refractivity contribution in [2.75, 3.05) is 0 Å². The van der Waals surface area contributed by atoms with Crippen LogP contribution in [0.5, 0.6) is 0 Å². The van der Waals surface area contributed by atoms with Gasteiger partial charge in [-0.15, -0.1) is 6.42 Å². The smallest absolute Gasteiger partial charge is 0 e. The molecule has 0 saturated heterocycles. The summed E-state index contributed by atoms with van der Waals surface area (Å²) in [5.41, 5.74) is 1.33. The second-order valence-corrected chi connectivity index (χ2v) is 1.47. The van der Waals surface area contributed by atoms with Crippen LogP contribution in [0.25, 0.3) is 0 Å². The van der Waals surface area contributed by atoms with Crippen LogP contribution in [0.1, 0.15) is 19.8 Å². The van der Waals surface area contributed by atoms with Gasteiger partial charge in [0, 0.05) is 32.7 Å². The molecule has 0 aromatic carbocycles. The van der Waals surface area contributed by atoms with E-state index in [9.17, 15) is 0 Å². The summed E-state index contributed by atoms with van der Waals surface area (Å²) in [6.07, 6.45) is 3.88. The van der Waals surface area contributed by atoms with E-state index >= 15 is 0 Å². The Balaban J connectivity index is 0. The van der Waals surface area contributed by atoms with Gasteiger partial charge in [-0.2, -0.15) is 0 Å². The van der Waals surface area contributed by atoms with E-state index < -0.39 is 0 Å². The minimum Gasteiger partial charge on any atom is -0.356 e. The third-order valence-corrected chi connectivity index (χ3v) is 1.06. The zero-order valence-corrected chi connectivity index (χ0v) is 8.32. The summed E-state index contributed by atoms with van der Waals surface area (Å²) >= 11 is 0. The van der Waals surface area contributed by atoms with Crippen LogP contribution in [0.3, 0.4) is 0 Å². The molecule has 0 saturated carbocycles. The molecule has 0 unspecified atom stereocenters. The molecule has 0 aliphatic rings. The molecule has 1 radical (unpaired) electrons. The van der Waals surface area contributed by atoms with Gasteiger partial charge >= 0.3 is 0 Å². The summed E-state index contributed by atoms with van der Waals surface area (Å²) in [4.78, 5) is 0. The summed E-state index contributed by atoms with van der Waals surface area (Å²) < 4.78 is 0. The van der Waals surface area contributed by atoms with E-state index in [2.05, 4.69) is 20.8 Å². The van der Waals surface area contributed by atoms with E-state index in [-0.39, 0.29) is 32.7 Å². The van der Waals surface area contributed by atoms with Crippen LogP contribution >= 0.6 is 0 Å². The Labute approximate surface area is 77.6 Å². The van der Waals surface area contributed by atoms with Crippen LogP contribution in [0.15, 0.2) is 11.6 Å². The van der Waals surface area contributed by atoms with Crippen LogP contribution < -0.4 is 0 Å². The molecule has 0 spiro atoms. The maximum Gasteiger partial charge on any atom is 0 e. The molecule has 0 N–H and O–H groups in total. The van der Waals surface area contributed by atoms with E-state index in [1.807, 2.05) is 6.08 Å². The van der Waals surface area contributed by atoms with Crippen molar-refractivity contribution >= 4 is 0 Å². The standard InChI is InChI=1S/C7H12.Y/c1-4-7(5-2)6-3;/h4H,1-2,5-6H2,3H3;/q-2;/b7-4+;. The molecule has 0 aromatic rings. The van der Waals surface area contributed by atoms with Crippen molar-refractivity contribution < 1.29 is 32.7 Å². The minimum absolute atomic E-state index is 0. The van der Waals surface area contributed by atoms with Gasteiger partial charge in [0.15, 0.2) is 0 Å². The average molecular weight is 185 g/mol. The van der Waals surface area contributed by atoms with Crippen molar-refractivity contribution in [2.24, 2.45) is 0 Å². The number of rotatable bonds is 2. The molecule has 45 valence electrons. The molecule has 0 amide bonds. The van der Waals surface area contributed by atoms with Gasteiger partial charge in [-0.25, -0.2) is 25.0 Å². The van der Waals surface area contributed by atoms with Crippen LogP contribution in [0, 0.1) is 13.8 Å². The maximum absolute atomic E-state index is 3.72. The van der Waals surface area contributed by atoms with Crippen molar-refractivity contribution in [1.29, 1.82) is 0 Å². The fourth-order valence-electron chi connectivity index (χ4n) is 0.423. The van der Waals surface area contributed by atoms with E-state index in [1.165, 1.54) is 5.57 Å². The number of allylic oxidation sites excluding steroid dienone is 2. The van der Waals surface area contributed by atoms with E-state index in [1.54, 1.807) is 0 Å². The van der Waals surface area contributed by atoms with Crippen LogP contribution in [-0.4, -0.2) is 0 Å². The van der Waals surface area contributed by atoms with Gasteiger partial charge < -0.3 is 6.92 Å². The largest absolute Gasteiger partial charge is 0.356 e. The molecule has 0 fully saturated rings. The van der Waals surface area contributed by atoms with Crippen LogP contribution in [0.2, 0.25) is 0 Å². The van der Waals surface area contributed by atoms with Crippen LogP contribution in [-0.2, 0) is 32.7 Å². The van der Waals surface area contributed by atoms with Gasteiger partial charge in [0.2, 0.25) is 0 Å². The molecule has 0 heterocycles. The predicted molar refractivity (Wildman–Crippen MR) is 33.7 cm³/mol. The fourth-order valence-corrected chi connectivity index (χ4v) is 0.423. The first-order valence-electron chi connectivity index (χ1n) is 2.61. The van der Waals surface area contributed by atoms with Gasteiger partial charge in [0.05, 0.1) is 0 Å². The molecule has 0 aliphatic carbocycles. The minimum atomic E-state index is 0. The predicted octanol–water partition coefficient (Wildman–Crippen LogP) is 2.38. The van der Waals surface area contributed by atoms with Gasteiger partial charge in [0.1, 0.15) is 0 Å². The zero-order chi connectivity index (χ0) is 5.70. The first-order valence-corrected chi connectivity index (χ1v) is 2.61. The van der Waals surface area contributed by atoms with Crippen molar-refractivity contribution in [3.8, 4) is 0 Å². The third-order valence-electron chi connectivity index (χ3n) is 1.06. The first-order chi connectivity index (χ1) is 3.35. The Morgan fingerprint density at radius 1 is 1.62 bits per heavy atom. The molecular weight excluding hydrogens is 173 g/mol. The summed E-state index contributed by atoms with van der Waals surface area (Å²) in [5.74, 6) is 0. The molecular formula is C7H12Y-2. The number of hydrogen-bond acceptors (Lipinski definition) is 0. The third kappa shape index (κ3) is 4.86. The van der Waals surface area contributed by atoms with E-state index in [4.69, 9.17) is 0 Å². The second-order valence-electron chi connectivity index (χ2n) is 1.47. The molecule has 0 aliphatic heterocycles. The SMILES string of the molecule is [CH2-]/C=C(\C[CH2-])CC.[Y]. The molecule has 0 aromatic heterocycles. The molecule has 0 atom stereocenters. The maximum atomic E-state index is 3.72. The van der Waals surface area contributed by atoms with Crippen molar-refractivity contribution in [3.63, 3.8) is 0 Å². The van der Waals surface area contributed by atoms with Crippen molar-refractivity contribution in [2.45, 2.75) is 19.8 Å². The molecule has 0 rings (SSSR count). The normalized spacial score (nSPS) is 10.5. The molecule has 1 heteroatoms. The van der Waals surface area contributed by atoms with E-state index in [0.29, 0.717) is 0 Å². The summed E-state index contributed by atoms with van der Waals surface area (Å²) in [5, 5.41) is 0. The molecule has 8 heavy (non-hydrogen) atoms. The Bertz CT molecular complexity index is 58.8. The topological polar surface area (TPSA) is 0 Å². The summed E-state index contributed by atoms with van der Waals surface area (Å²) in [6.45, 7) is 9.46. The second kappa shape index (κ2) is 7.71. The molecule has 0 bridgehead atoms. The Hall–Kier alpha value is 0.714. The molecule has 0 nitrogen and oxygen atoms in total. The number of hydrogen-bond donors (Lipinski definition) is 0. The van der Waals surface area contributed by atoms with Gasteiger partial charge in [-0.3, -0.25) is 0 Å². The van der Waals surface area contributed by atoms with Crippen LogP contribution in [0.4, 0.5) is 0 Å². The zero-order valence-electron chi connectivity index (χ0n) is 5.48. The van der Waals surface area contributed by atoms with Gasteiger partial charge in [-0.05, 0) is 0 Å². The van der Waals surface area contributed by atoms with Gasteiger partial charge in [-0.1, -0.05) is 6.92 Å². The average Bonchev–Trinajstić information content (AvgIpc) is 1.72. The fraction of sp³-hybridized carbons (Fsp3) is 0.429. The van der Waals surface area contributed by atoms with Crippen molar-refractivity contribution in [3.05, 3.63) is 25.5 Å². The van der Waals surface area contributed by atoms with Gasteiger partial charge in [0.25, 0.3) is 0 Å². The van der Waals surface area contributed by atoms with Crippen molar-refractivity contribution in [1.82, 2.24) is 0 Å². The first kappa shape index (κ1) is 11.5. The monoisotopic (exact) mass is 185 g/mol. The Kier molecular flexibility index (Phi) is 11.1.